The van der Waals surface area contributed by atoms with Crippen LogP contribution in [0.5, 0.6) is 0 Å². The first kappa shape index (κ1) is 12.9. The van der Waals surface area contributed by atoms with Gasteiger partial charge < -0.3 is 14.6 Å². The minimum absolute atomic E-state index is 0.0814. The van der Waals surface area contributed by atoms with Gasteiger partial charge in [0.1, 0.15) is 12.4 Å². The maximum Gasteiger partial charge on any atom is 0.273 e. The van der Waals surface area contributed by atoms with E-state index in [-0.39, 0.29) is 23.7 Å². The average Bonchev–Trinajstić information content (AvgIpc) is 3.13. The summed E-state index contributed by atoms with van der Waals surface area (Å²) in [4.78, 5) is 12.0. The van der Waals surface area contributed by atoms with E-state index in [1.54, 1.807) is 10.9 Å². The number of rotatable bonds is 3. The monoisotopic (exact) mass is 276 g/mol. The molecule has 0 aliphatic carbocycles. The summed E-state index contributed by atoms with van der Waals surface area (Å²) in [5.41, 5.74) is 2.33. The molecule has 1 fully saturated rings. The zero-order valence-electron chi connectivity index (χ0n) is 11.4. The number of nitrogens with one attached hydrogen (secondary N) is 1. The van der Waals surface area contributed by atoms with Crippen molar-refractivity contribution in [2.24, 2.45) is 7.05 Å². The van der Waals surface area contributed by atoms with Gasteiger partial charge in [0.05, 0.1) is 12.2 Å². The normalized spacial score (nSPS) is 22.1. The topological polar surface area (TPSA) is 82.2 Å². The van der Waals surface area contributed by atoms with Crippen LogP contribution in [0.2, 0.25) is 0 Å². The minimum Gasteiger partial charge on any atom is -0.371 e. The van der Waals surface area contributed by atoms with E-state index in [2.05, 4.69) is 20.1 Å². The lowest BCUT2D eigenvalue weighted by Crippen LogP contribution is -2.37. The quantitative estimate of drug-likeness (QED) is 0.903. The maximum absolute atomic E-state index is 12.0. The number of aromatic nitrogens is 3. The molecule has 7 heteroatoms. The Hall–Kier alpha value is -2.15. The van der Waals surface area contributed by atoms with Gasteiger partial charge >= 0.3 is 0 Å². The molecule has 0 radical (unpaired) electrons. The van der Waals surface area contributed by atoms with Crippen LogP contribution in [0.15, 0.2) is 23.0 Å². The zero-order chi connectivity index (χ0) is 14.1. The standard InChI is InChI=1S/C13H16N4O3/c1-8-9(7-14-17(8)2)12-10(3-5-19-12)15-13(18)11-4-6-20-16-11/h4,6-7,10,12H,3,5H2,1-2H3,(H,15,18)/t10-,12+/m0/s1. The van der Waals surface area contributed by atoms with E-state index < -0.39 is 0 Å². The fourth-order valence-electron chi connectivity index (χ4n) is 2.41. The van der Waals surface area contributed by atoms with Crippen molar-refractivity contribution in [1.29, 1.82) is 0 Å². The molecule has 1 aliphatic rings. The SMILES string of the molecule is Cc1c([C@H]2OCC[C@@H]2NC(=O)c2ccon2)cnn1C. The minimum atomic E-state index is -0.249. The molecule has 0 aromatic carbocycles. The fourth-order valence-corrected chi connectivity index (χ4v) is 2.41. The lowest BCUT2D eigenvalue weighted by Gasteiger charge is -2.19. The van der Waals surface area contributed by atoms with Gasteiger partial charge in [-0.1, -0.05) is 5.16 Å². The first-order valence-corrected chi connectivity index (χ1v) is 6.48. The number of carbonyl (C=O) groups excluding carboxylic acids is 1. The lowest BCUT2D eigenvalue weighted by molar-refractivity contribution is 0.0813. The van der Waals surface area contributed by atoms with Gasteiger partial charge in [-0.2, -0.15) is 5.10 Å². The molecule has 1 saturated heterocycles. The molecule has 0 bridgehead atoms. The number of amides is 1. The third-order valence-corrected chi connectivity index (χ3v) is 3.66. The van der Waals surface area contributed by atoms with Crippen LogP contribution in [-0.4, -0.2) is 33.5 Å². The largest absolute Gasteiger partial charge is 0.371 e. The van der Waals surface area contributed by atoms with Gasteiger partial charge in [0.2, 0.25) is 0 Å². The van der Waals surface area contributed by atoms with E-state index in [9.17, 15) is 4.79 Å². The second-order valence-corrected chi connectivity index (χ2v) is 4.85. The number of aryl methyl sites for hydroxylation is 1. The average molecular weight is 276 g/mol. The second-order valence-electron chi connectivity index (χ2n) is 4.85. The Balaban J connectivity index is 1.76. The highest BCUT2D eigenvalue weighted by atomic mass is 16.5. The maximum atomic E-state index is 12.0. The lowest BCUT2D eigenvalue weighted by atomic mass is 10.0. The molecule has 0 unspecified atom stereocenters. The highest BCUT2D eigenvalue weighted by Crippen LogP contribution is 2.31. The van der Waals surface area contributed by atoms with Crippen molar-refractivity contribution >= 4 is 5.91 Å². The Labute approximate surface area is 115 Å². The van der Waals surface area contributed by atoms with Crippen LogP contribution in [0.3, 0.4) is 0 Å². The molecule has 1 aliphatic heterocycles. The van der Waals surface area contributed by atoms with Crippen LogP contribution in [0.1, 0.15) is 34.3 Å². The smallest absolute Gasteiger partial charge is 0.273 e. The first-order valence-electron chi connectivity index (χ1n) is 6.48. The Kier molecular flexibility index (Phi) is 3.27. The van der Waals surface area contributed by atoms with Crippen molar-refractivity contribution < 1.29 is 14.1 Å². The van der Waals surface area contributed by atoms with Crippen LogP contribution in [-0.2, 0) is 11.8 Å². The van der Waals surface area contributed by atoms with Gasteiger partial charge in [-0.15, -0.1) is 0 Å². The van der Waals surface area contributed by atoms with E-state index in [4.69, 9.17) is 4.74 Å². The summed E-state index contributed by atoms with van der Waals surface area (Å²) >= 11 is 0. The number of hydrogen-bond acceptors (Lipinski definition) is 5. The summed E-state index contributed by atoms with van der Waals surface area (Å²) < 4.78 is 12.2. The Bertz CT molecular complexity index is 605. The summed E-state index contributed by atoms with van der Waals surface area (Å²) in [5.74, 6) is -0.249. The summed E-state index contributed by atoms with van der Waals surface area (Å²) in [6.07, 6.45) is 3.77. The fraction of sp³-hybridized carbons (Fsp3) is 0.462. The number of hydrogen-bond donors (Lipinski definition) is 1. The summed E-state index contributed by atoms with van der Waals surface area (Å²) in [6.45, 7) is 2.60. The summed E-state index contributed by atoms with van der Waals surface area (Å²) in [7, 11) is 1.89. The van der Waals surface area contributed by atoms with Crippen molar-refractivity contribution in [3.05, 3.63) is 35.5 Å². The van der Waals surface area contributed by atoms with Crippen LogP contribution < -0.4 is 5.32 Å². The number of carbonyl (C=O) groups is 1. The van der Waals surface area contributed by atoms with Crippen LogP contribution >= 0.6 is 0 Å². The van der Waals surface area contributed by atoms with E-state index in [1.165, 1.54) is 12.3 Å². The van der Waals surface area contributed by atoms with Crippen molar-refractivity contribution in [1.82, 2.24) is 20.3 Å². The number of ether oxygens (including phenoxy) is 1. The number of nitrogens with zero attached hydrogens (tertiary/aromatic N) is 3. The van der Waals surface area contributed by atoms with Gasteiger partial charge in [0.25, 0.3) is 5.91 Å². The van der Waals surface area contributed by atoms with E-state index >= 15 is 0 Å². The van der Waals surface area contributed by atoms with Gasteiger partial charge in [-0.25, -0.2) is 0 Å². The van der Waals surface area contributed by atoms with E-state index in [1.807, 2.05) is 14.0 Å². The molecule has 106 valence electrons. The third-order valence-electron chi connectivity index (χ3n) is 3.66. The summed E-state index contributed by atoms with van der Waals surface area (Å²) in [5, 5.41) is 10.8. The van der Waals surface area contributed by atoms with Crippen molar-refractivity contribution in [2.45, 2.75) is 25.5 Å². The van der Waals surface area contributed by atoms with E-state index in [0.29, 0.717) is 6.61 Å². The molecule has 1 N–H and O–H groups in total. The molecular weight excluding hydrogens is 260 g/mol. The van der Waals surface area contributed by atoms with Gasteiger partial charge in [0, 0.05) is 31.0 Å². The molecule has 2 aromatic rings. The Morgan fingerprint density at radius 3 is 3.05 bits per heavy atom. The molecule has 0 spiro atoms. The predicted octanol–water partition coefficient (Wildman–Crippen LogP) is 0.977. The van der Waals surface area contributed by atoms with Gasteiger partial charge in [-0.05, 0) is 13.3 Å². The van der Waals surface area contributed by atoms with Crippen molar-refractivity contribution in [3.63, 3.8) is 0 Å². The van der Waals surface area contributed by atoms with Crippen molar-refractivity contribution in [3.8, 4) is 0 Å². The zero-order valence-corrected chi connectivity index (χ0v) is 11.4. The molecule has 3 rings (SSSR count). The van der Waals surface area contributed by atoms with Crippen molar-refractivity contribution in [2.75, 3.05) is 6.61 Å². The van der Waals surface area contributed by atoms with E-state index in [0.717, 1.165) is 17.7 Å². The first-order chi connectivity index (χ1) is 9.66. The molecular formula is C13H16N4O3. The molecule has 3 heterocycles. The Morgan fingerprint density at radius 2 is 2.40 bits per heavy atom. The molecule has 7 nitrogen and oxygen atoms in total. The van der Waals surface area contributed by atoms with Crippen LogP contribution in [0.4, 0.5) is 0 Å². The second kappa shape index (κ2) is 5.09. The van der Waals surface area contributed by atoms with Crippen LogP contribution in [0, 0.1) is 6.92 Å². The molecule has 0 saturated carbocycles. The summed E-state index contributed by atoms with van der Waals surface area (Å²) in [6, 6.07) is 1.46. The third kappa shape index (κ3) is 2.20. The molecule has 2 atom stereocenters. The van der Waals surface area contributed by atoms with Gasteiger partial charge in [-0.3, -0.25) is 9.48 Å². The van der Waals surface area contributed by atoms with Crippen LogP contribution in [0.25, 0.3) is 0 Å². The van der Waals surface area contributed by atoms with Gasteiger partial charge in [0.15, 0.2) is 5.69 Å². The Morgan fingerprint density at radius 1 is 1.55 bits per heavy atom. The predicted molar refractivity (Wildman–Crippen MR) is 69.0 cm³/mol. The molecule has 2 aromatic heterocycles. The highest BCUT2D eigenvalue weighted by molar-refractivity contribution is 5.92. The molecule has 20 heavy (non-hydrogen) atoms. The highest BCUT2D eigenvalue weighted by Gasteiger charge is 2.33. The molecule has 1 amide bonds.